The van der Waals surface area contributed by atoms with Crippen molar-refractivity contribution >= 4 is 28.9 Å². The normalized spacial score (nSPS) is 22.2. The second-order valence-corrected chi connectivity index (χ2v) is 15.3. The molecule has 1 unspecified atom stereocenters. The van der Waals surface area contributed by atoms with E-state index in [9.17, 15) is 14.4 Å². The smallest absolute Gasteiger partial charge is 0.407 e. The van der Waals surface area contributed by atoms with Crippen molar-refractivity contribution in [3.8, 4) is 23.1 Å². The first-order chi connectivity index (χ1) is 25.0. The van der Waals surface area contributed by atoms with Crippen molar-refractivity contribution in [3.63, 3.8) is 0 Å². The summed E-state index contributed by atoms with van der Waals surface area (Å²) >= 11 is 0. The highest BCUT2D eigenvalue weighted by atomic mass is 16.5. The molecule has 0 radical (unpaired) electrons. The Morgan fingerprint density at radius 3 is 2.38 bits per heavy atom. The Balaban J connectivity index is 1.03. The molecule has 4 aromatic rings. The van der Waals surface area contributed by atoms with Gasteiger partial charge in [0.2, 0.25) is 11.8 Å². The van der Waals surface area contributed by atoms with Crippen molar-refractivity contribution in [3.05, 3.63) is 71.4 Å². The molecule has 11 heteroatoms. The van der Waals surface area contributed by atoms with E-state index >= 15 is 0 Å². The molecule has 272 valence electrons. The van der Waals surface area contributed by atoms with Gasteiger partial charge >= 0.3 is 6.09 Å². The van der Waals surface area contributed by atoms with E-state index in [1.54, 1.807) is 0 Å². The Morgan fingerprint density at radius 1 is 0.904 bits per heavy atom. The number of hydrogen-bond acceptors (Lipinski definition) is 6. The van der Waals surface area contributed by atoms with Crippen LogP contribution in [0.25, 0.3) is 22.3 Å². The zero-order valence-corrected chi connectivity index (χ0v) is 30.9. The molecule has 52 heavy (non-hydrogen) atoms. The Kier molecular flexibility index (Phi) is 9.84. The van der Waals surface area contributed by atoms with Gasteiger partial charge in [0.1, 0.15) is 17.7 Å². The van der Waals surface area contributed by atoms with Crippen LogP contribution in [-0.4, -0.2) is 73.4 Å². The lowest BCUT2D eigenvalue weighted by atomic mass is 9.93. The molecule has 0 spiro atoms. The summed E-state index contributed by atoms with van der Waals surface area (Å²) in [6.07, 6.45) is 6.27. The van der Waals surface area contributed by atoms with Crippen molar-refractivity contribution in [2.24, 2.45) is 23.7 Å². The quantitative estimate of drug-likeness (QED) is 0.174. The second-order valence-electron chi connectivity index (χ2n) is 15.3. The van der Waals surface area contributed by atoms with Gasteiger partial charge in [-0.2, -0.15) is 0 Å². The first-order valence-corrected chi connectivity index (χ1v) is 18.7. The van der Waals surface area contributed by atoms with Crippen molar-refractivity contribution in [2.75, 3.05) is 13.7 Å². The van der Waals surface area contributed by atoms with Crippen molar-refractivity contribution in [1.82, 2.24) is 35.1 Å². The number of ether oxygens (including phenoxy) is 1. The number of rotatable bonds is 8. The number of benzene rings is 2. The predicted molar refractivity (Wildman–Crippen MR) is 199 cm³/mol. The number of carbonyl (C=O) groups is 3. The third-order valence-corrected chi connectivity index (χ3v) is 11.4. The van der Waals surface area contributed by atoms with Gasteiger partial charge in [0.25, 0.3) is 0 Å². The number of aromatic nitrogens is 4. The summed E-state index contributed by atoms with van der Waals surface area (Å²) in [5.41, 5.74) is 5.25. The molecule has 7 rings (SSSR count). The number of piperidine rings is 1. The highest BCUT2D eigenvalue weighted by Gasteiger charge is 2.50. The van der Waals surface area contributed by atoms with Crippen molar-refractivity contribution in [1.29, 1.82) is 0 Å². The van der Waals surface area contributed by atoms with Gasteiger partial charge in [0.15, 0.2) is 0 Å². The summed E-state index contributed by atoms with van der Waals surface area (Å²) in [6, 6.07) is 13.4. The third-order valence-electron chi connectivity index (χ3n) is 11.4. The lowest BCUT2D eigenvalue weighted by molar-refractivity contribution is -0.141. The number of nitrogens with one attached hydrogen (secondary N) is 3. The lowest BCUT2D eigenvalue weighted by Crippen LogP contribution is -2.51. The maximum Gasteiger partial charge on any atom is 0.407 e. The van der Waals surface area contributed by atoms with Crippen LogP contribution in [0.3, 0.4) is 0 Å². The topological polar surface area (TPSA) is 136 Å². The van der Waals surface area contributed by atoms with Crippen LogP contribution in [0.2, 0.25) is 0 Å². The molecule has 2 bridgehead atoms. The zero-order valence-electron chi connectivity index (χ0n) is 30.9. The number of imidazole rings is 2. The molecule has 4 heterocycles. The van der Waals surface area contributed by atoms with Crippen LogP contribution < -0.4 is 5.32 Å². The standard InChI is InChI=1S/C41H49N7O4/c1-23(2)25(5)39(49)48-30-17-16-29(21-30)36(48)38-42-22-33(45-38)28-14-11-26(12-15-28)9-10-27-13-18-31-32(20-27)44-37(43-31)34-8-7-19-47(34)40(50)35(24(3)4)46-41(51)52-6/h11-15,18,20,22-25,29-30,34-36H,7-8,16-17,19,21H2,1-6H3,(H,42,45)(H,43,44)(H,46,51)/t25-,29-,30+,34-,35-,36?/m0/s1. The van der Waals surface area contributed by atoms with Crippen LogP contribution in [0.1, 0.15) is 102 Å². The molecule has 6 atom stereocenters. The summed E-state index contributed by atoms with van der Waals surface area (Å²) < 4.78 is 4.76. The first-order valence-electron chi connectivity index (χ1n) is 18.7. The molecule has 2 aromatic carbocycles. The molecule has 1 saturated carbocycles. The van der Waals surface area contributed by atoms with Crippen LogP contribution in [0.4, 0.5) is 4.79 Å². The highest BCUT2D eigenvalue weighted by Crippen LogP contribution is 2.50. The van der Waals surface area contributed by atoms with Crippen LogP contribution in [0, 0.1) is 35.5 Å². The Hall–Kier alpha value is -5.11. The molecule has 2 aliphatic heterocycles. The number of methoxy groups -OCH3 is 1. The van der Waals surface area contributed by atoms with Gasteiger partial charge in [-0.15, -0.1) is 0 Å². The minimum atomic E-state index is -0.682. The van der Waals surface area contributed by atoms with E-state index < -0.39 is 12.1 Å². The lowest BCUT2D eigenvalue weighted by Gasteiger charge is -2.36. The van der Waals surface area contributed by atoms with Crippen molar-refractivity contribution < 1.29 is 19.1 Å². The van der Waals surface area contributed by atoms with Crippen LogP contribution in [0.15, 0.2) is 48.7 Å². The maximum atomic E-state index is 13.5. The first kappa shape index (κ1) is 35.3. The Morgan fingerprint density at radius 2 is 1.65 bits per heavy atom. The number of H-pyrrole nitrogens is 2. The average Bonchev–Trinajstić information content (AvgIpc) is 3.99. The van der Waals surface area contributed by atoms with Gasteiger partial charge in [0, 0.05) is 41.4 Å². The average molecular weight is 704 g/mol. The van der Waals surface area contributed by atoms with E-state index in [-0.39, 0.29) is 35.7 Å². The summed E-state index contributed by atoms with van der Waals surface area (Å²) in [6.45, 7) is 10.7. The van der Waals surface area contributed by atoms with E-state index in [2.05, 4.69) is 45.9 Å². The highest BCUT2D eigenvalue weighted by molar-refractivity contribution is 5.86. The third kappa shape index (κ3) is 6.79. The van der Waals surface area contributed by atoms with E-state index in [1.807, 2.05) is 74.3 Å². The minimum absolute atomic E-state index is 0.00869. The van der Waals surface area contributed by atoms with E-state index in [1.165, 1.54) is 7.11 Å². The number of nitrogens with zero attached hydrogens (tertiary/aromatic N) is 4. The summed E-state index contributed by atoms with van der Waals surface area (Å²) in [7, 11) is 1.29. The van der Waals surface area contributed by atoms with E-state index in [0.717, 1.165) is 77.2 Å². The number of alkyl carbamates (subject to hydrolysis) is 1. The van der Waals surface area contributed by atoms with Gasteiger partial charge in [-0.05, 0) is 80.2 Å². The molecular weight excluding hydrogens is 654 g/mol. The molecule has 3 amide bonds. The van der Waals surface area contributed by atoms with Gasteiger partial charge in [-0.3, -0.25) is 9.59 Å². The van der Waals surface area contributed by atoms with Crippen LogP contribution in [-0.2, 0) is 14.3 Å². The number of likely N-dealkylation sites (tertiary alicyclic amines) is 2. The van der Waals surface area contributed by atoms with Crippen molar-refractivity contribution in [2.45, 2.75) is 90.9 Å². The fraction of sp³-hybridized carbons (Fsp3) is 0.488. The molecule has 2 aromatic heterocycles. The largest absolute Gasteiger partial charge is 0.453 e. The van der Waals surface area contributed by atoms with Crippen LogP contribution in [0.5, 0.6) is 0 Å². The predicted octanol–water partition coefficient (Wildman–Crippen LogP) is 6.74. The fourth-order valence-corrected chi connectivity index (χ4v) is 8.14. The molecule has 3 fully saturated rings. The van der Waals surface area contributed by atoms with E-state index in [4.69, 9.17) is 14.7 Å². The monoisotopic (exact) mass is 703 g/mol. The summed E-state index contributed by atoms with van der Waals surface area (Å²) in [5, 5.41) is 2.70. The summed E-state index contributed by atoms with van der Waals surface area (Å²) in [4.78, 5) is 59.7. The Bertz CT molecular complexity index is 2020. The Labute approximate surface area is 305 Å². The van der Waals surface area contributed by atoms with E-state index in [0.29, 0.717) is 24.4 Å². The number of fused-ring (bicyclic) bond motifs is 3. The number of amides is 3. The van der Waals surface area contributed by atoms with Gasteiger partial charge in [-0.25, -0.2) is 14.8 Å². The van der Waals surface area contributed by atoms with Gasteiger partial charge < -0.3 is 29.8 Å². The number of carbonyl (C=O) groups excluding carboxylic acids is 3. The van der Waals surface area contributed by atoms with Gasteiger partial charge in [0.05, 0.1) is 35.9 Å². The molecule has 2 saturated heterocycles. The number of hydrogen-bond donors (Lipinski definition) is 3. The second kappa shape index (κ2) is 14.5. The SMILES string of the molecule is COC(=O)N[C@H](C(=O)N1CCC[C@H]1c1nc2cc(C#Cc3ccc(-c4c[nH]c(C5[C@H]6CC[C@H](C6)N5C(=O)[C@@H](C)C(C)C)n4)cc3)ccc2[nH]1)C(C)C. The molecule has 11 nitrogen and oxygen atoms in total. The molecule has 3 N–H and O–H groups in total. The summed E-state index contributed by atoms with van der Waals surface area (Å²) in [5.74, 6) is 8.94. The molecular formula is C41H49N7O4. The van der Waals surface area contributed by atoms with Gasteiger partial charge in [-0.1, -0.05) is 58.6 Å². The maximum absolute atomic E-state index is 13.5. The zero-order chi connectivity index (χ0) is 36.7. The molecule has 1 aliphatic carbocycles. The minimum Gasteiger partial charge on any atom is -0.453 e. The number of aromatic amines is 2. The fourth-order valence-electron chi connectivity index (χ4n) is 8.14. The molecule has 3 aliphatic rings. The van der Waals surface area contributed by atoms with Crippen LogP contribution >= 0.6 is 0 Å².